The van der Waals surface area contributed by atoms with Crippen molar-refractivity contribution in [2.75, 3.05) is 23.5 Å². The molecular weight excluding hydrogens is 409 g/mol. The molecule has 0 unspecified atom stereocenters. The highest BCUT2D eigenvalue weighted by Gasteiger charge is 2.31. The SMILES string of the molecule is COc1ccc(C(F)(F)F)cc1NC(=O)CCCSc1ccc(NC(C)=O)nn1. The zero-order chi connectivity index (χ0) is 21.4. The highest BCUT2D eigenvalue weighted by Crippen LogP contribution is 2.35. The van der Waals surface area contributed by atoms with Crippen molar-refractivity contribution >= 4 is 35.1 Å². The van der Waals surface area contributed by atoms with E-state index in [1.54, 1.807) is 12.1 Å². The van der Waals surface area contributed by atoms with E-state index in [4.69, 9.17) is 4.74 Å². The molecule has 0 aliphatic rings. The van der Waals surface area contributed by atoms with E-state index in [1.807, 2.05) is 0 Å². The lowest BCUT2D eigenvalue weighted by molar-refractivity contribution is -0.137. The van der Waals surface area contributed by atoms with Crippen molar-refractivity contribution in [3.05, 3.63) is 35.9 Å². The van der Waals surface area contributed by atoms with Crippen LogP contribution < -0.4 is 15.4 Å². The fourth-order valence-corrected chi connectivity index (χ4v) is 3.01. The van der Waals surface area contributed by atoms with E-state index in [1.165, 1.54) is 25.8 Å². The molecule has 1 aromatic heterocycles. The molecule has 11 heteroatoms. The summed E-state index contributed by atoms with van der Waals surface area (Å²) in [5.74, 6) is 0.381. The Hall–Kier alpha value is -2.82. The minimum atomic E-state index is -4.51. The molecule has 0 atom stereocenters. The van der Waals surface area contributed by atoms with Crippen LogP contribution in [0.3, 0.4) is 0 Å². The first-order chi connectivity index (χ1) is 13.7. The zero-order valence-corrected chi connectivity index (χ0v) is 16.5. The van der Waals surface area contributed by atoms with Gasteiger partial charge in [0.25, 0.3) is 0 Å². The predicted molar refractivity (Wildman–Crippen MR) is 103 cm³/mol. The van der Waals surface area contributed by atoms with Crippen LogP contribution >= 0.6 is 11.8 Å². The number of halogens is 3. The number of thioether (sulfide) groups is 1. The van der Waals surface area contributed by atoms with E-state index < -0.39 is 17.6 Å². The molecule has 0 bridgehead atoms. The van der Waals surface area contributed by atoms with Gasteiger partial charge in [0.1, 0.15) is 10.8 Å². The molecule has 2 rings (SSSR count). The van der Waals surface area contributed by atoms with E-state index in [2.05, 4.69) is 20.8 Å². The Bertz CT molecular complexity index is 860. The van der Waals surface area contributed by atoms with Crippen LogP contribution in [0.1, 0.15) is 25.3 Å². The Labute approximate surface area is 169 Å². The first kappa shape index (κ1) is 22.5. The highest BCUT2D eigenvalue weighted by atomic mass is 32.2. The third kappa shape index (κ3) is 7.26. The van der Waals surface area contributed by atoms with Crippen molar-refractivity contribution in [3.63, 3.8) is 0 Å². The largest absolute Gasteiger partial charge is 0.495 e. The summed E-state index contributed by atoms with van der Waals surface area (Å²) in [7, 11) is 1.31. The minimum absolute atomic E-state index is 0.0283. The lowest BCUT2D eigenvalue weighted by Gasteiger charge is -2.13. The van der Waals surface area contributed by atoms with Gasteiger partial charge in [0.05, 0.1) is 18.4 Å². The smallest absolute Gasteiger partial charge is 0.416 e. The molecule has 1 aromatic carbocycles. The molecule has 0 saturated heterocycles. The highest BCUT2D eigenvalue weighted by molar-refractivity contribution is 7.99. The van der Waals surface area contributed by atoms with Gasteiger partial charge in [0.2, 0.25) is 11.8 Å². The van der Waals surface area contributed by atoms with Crippen LogP contribution in [0.4, 0.5) is 24.7 Å². The topological polar surface area (TPSA) is 93.2 Å². The average molecular weight is 428 g/mol. The Balaban J connectivity index is 1.83. The summed E-state index contributed by atoms with van der Waals surface area (Å²) in [4.78, 5) is 23.0. The number of alkyl halides is 3. The number of nitrogens with one attached hydrogen (secondary N) is 2. The van der Waals surface area contributed by atoms with Crippen LogP contribution in [0.5, 0.6) is 5.75 Å². The molecule has 0 radical (unpaired) electrons. The van der Waals surface area contributed by atoms with Gasteiger partial charge in [0, 0.05) is 19.1 Å². The maximum Gasteiger partial charge on any atom is 0.416 e. The van der Waals surface area contributed by atoms with Gasteiger partial charge in [-0.05, 0) is 36.8 Å². The third-order valence-electron chi connectivity index (χ3n) is 3.54. The number of aromatic nitrogens is 2. The average Bonchev–Trinajstić information content (AvgIpc) is 2.65. The van der Waals surface area contributed by atoms with Gasteiger partial charge in [-0.15, -0.1) is 22.0 Å². The molecule has 0 fully saturated rings. The fraction of sp³-hybridized carbons (Fsp3) is 0.333. The number of carbonyl (C=O) groups excluding carboxylic acids is 2. The van der Waals surface area contributed by atoms with Crippen molar-refractivity contribution in [1.29, 1.82) is 0 Å². The minimum Gasteiger partial charge on any atom is -0.495 e. The van der Waals surface area contributed by atoms with E-state index in [0.717, 1.165) is 18.2 Å². The van der Waals surface area contributed by atoms with Crippen LogP contribution in [0.15, 0.2) is 35.4 Å². The summed E-state index contributed by atoms with van der Waals surface area (Å²) in [6.45, 7) is 1.37. The molecule has 156 valence electrons. The number of rotatable bonds is 8. The number of anilines is 2. The van der Waals surface area contributed by atoms with Gasteiger partial charge in [-0.2, -0.15) is 13.2 Å². The standard InChI is InChI=1S/C18H19F3N4O3S/c1-11(26)22-15-7-8-17(25-24-15)29-9-3-4-16(27)23-13-10-12(18(19,20)21)5-6-14(13)28-2/h5-8,10H,3-4,9H2,1-2H3,(H,23,27)(H,22,24,26). The summed E-state index contributed by atoms with van der Waals surface area (Å²) in [6.07, 6.45) is -3.92. The van der Waals surface area contributed by atoms with Crippen molar-refractivity contribution in [2.24, 2.45) is 0 Å². The van der Waals surface area contributed by atoms with Gasteiger partial charge in [-0.1, -0.05) is 0 Å². The van der Waals surface area contributed by atoms with Gasteiger partial charge in [0.15, 0.2) is 5.82 Å². The lowest BCUT2D eigenvalue weighted by Crippen LogP contribution is -2.14. The van der Waals surface area contributed by atoms with Crippen molar-refractivity contribution in [3.8, 4) is 5.75 Å². The molecule has 2 aromatic rings. The summed E-state index contributed by atoms with van der Waals surface area (Å²) >= 11 is 1.37. The molecule has 29 heavy (non-hydrogen) atoms. The van der Waals surface area contributed by atoms with Crippen LogP contribution in [-0.2, 0) is 15.8 Å². The quantitative estimate of drug-likeness (QED) is 0.488. The Morgan fingerprint density at radius 1 is 1.14 bits per heavy atom. The third-order valence-corrected chi connectivity index (χ3v) is 4.55. The summed E-state index contributed by atoms with van der Waals surface area (Å²) < 4.78 is 43.6. The Morgan fingerprint density at radius 3 is 2.48 bits per heavy atom. The van der Waals surface area contributed by atoms with E-state index in [9.17, 15) is 22.8 Å². The number of hydrogen-bond acceptors (Lipinski definition) is 6. The molecule has 0 aliphatic carbocycles. The maximum absolute atomic E-state index is 12.8. The number of hydrogen-bond donors (Lipinski definition) is 2. The first-order valence-electron chi connectivity index (χ1n) is 8.48. The van der Waals surface area contributed by atoms with Crippen LogP contribution in [0, 0.1) is 0 Å². The number of carbonyl (C=O) groups is 2. The summed E-state index contributed by atoms with van der Waals surface area (Å²) in [6, 6.07) is 6.21. The number of ether oxygens (including phenoxy) is 1. The Kier molecular flexibility index (Phi) is 7.82. The van der Waals surface area contributed by atoms with Crippen molar-refractivity contribution < 1.29 is 27.5 Å². The summed E-state index contributed by atoms with van der Waals surface area (Å²) in [5.41, 5.74) is -0.898. The number of amides is 2. The maximum atomic E-state index is 12.8. The predicted octanol–water partition coefficient (Wildman–Crippen LogP) is 3.97. The van der Waals surface area contributed by atoms with E-state index in [-0.39, 0.29) is 23.8 Å². The van der Waals surface area contributed by atoms with Crippen molar-refractivity contribution in [1.82, 2.24) is 10.2 Å². The monoisotopic (exact) mass is 428 g/mol. The zero-order valence-electron chi connectivity index (χ0n) is 15.7. The number of nitrogens with zero attached hydrogens (tertiary/aromatic N) is 2. The second-order valence-electron chi connectivity index (χ2n) is 5.85. The second kappa shape index (κ2) is 10.1. The fourth-order valence-electron chi connectivity index (χ4n) is 2.25. The summed E-state index contributed by atoms with van der Waals surface area (Å²) in [5, 5.41) is 13.4. The number of benzene rings is 1. The molecule has 0 saturated carbocycles. The van der Waals surface area contributed by atoms with Gasteiger partial charge in [-0.25, -0.2) is 0 Å². The van der Waals surface area contributed by atoms with Gasteiger partial charge < -0.3 is 15.4 Å². The molecule has 2 amide bonds. The molecular formula is C18H19F3N4O3S. The Morgan fingerprint density at radius 2 is 1.90 bits per heavy atom. The van der Waals surface area contributed by atoms with Crippen LogP contribution in [0.2, 0.25) is 0 Å². The van der Waals surface area contributed by atoms with Crippen LogP contribution in [0.25, 0.3) is 0 Å². The van der Waals surface area contributed by atoms with Gasteiger partial charge >= 0.3 is 6.18 Å². The first-order valence-corrected chi connectivity index (χ1v) is 9.47. The number of methoxy groups -OCH3 is 1. The van der Waals surface area contributed by atoms with Gasteiger partial charge in [-0.3, -0.25) is 9.59 Å². The molecule has 2 N–H and O–H groups in total. The van der Waals surface area contributed by atoms with Crippen molar-refractivity contribution in [2.45, 2.75) is 31.0 Å². The molecule has 1 heterocycles. The van der Waals surface area contributed by atoms with E-state index >= 15 is 0 Å². The second-order valence-corrected chi connectivity index (χ2v) is 6.97. The molecule has 0 aliphatic heterocycles. The normalized spacial score (nSPS) is 11.1. The lowest BCUT2D eigenvalue weighted by atomic mass is 10.1. The van der Waals surface area contributed by atoms with Crippen LogP contribution in [-0.4, -0.2) is 34.9 Å². The van der Waals surface area contributed by atoms with E-state index in [0.29, 0.717) is 23.0 Å². The molecule has 7 nitrogen and oxygen atoms in total. The molecule has 0 spiro atoms.